The molecule has 0 spiro atoms. The van der Waals surface area contributed by atoms with Crippen molar-refractivity contribution in [2.75, 3.05) is 6.54 Å². The largest absolute Gasteiger partial charge is 0.449 e. The summed E-state index contributed by atoms with van der Waals surface area (Å²) in [5.41, 5.74) is 2.32. The number of halogens is 2. The average molecular weight is 391 g/mol. The molecule has 2 aromatic rings. The van der Waals surface area contributed by atoms with Gasteiger partial charge in [-0.1, -0.05) is 48.2 Å². The summed E-state index contributed by atoms with van der Waals surface area (Å²) in [6, 6.07) is 13.9. The molecular weight excluding hydrogens is 372 g/mol. The molecule has 0 fully saturated rings. The summed E-state index contributed by atoms with van der Waals surface area (Å²) >= 11 is 0.280. The van der Waals surface area contributed by atoms with Crippen LogP contribution in [-0.4, -0.2) is 35.2 Å². The molecule has 0 aromatic heterocycles. The van der Waals surface area contributed by atoms with Gasteiger partial charge in [-0.05, 0) is 36.6 Å². The lowest BCUT2D eigenvalue weighted by Gasteiger charge is -2.30. The third kappa shape index (κ3) is 4.66. The summed E-state index contributed by atoms with van der Waals surface area (Å²) in [6.07, 6.45) is -0.247. The lowest BCUT2D eigenvalue weighted by molar-refractivity contribution is -0.140. The molecule has 1 atom stereocenters. The van der Waals surface area contributed by atoms with E-state index in [0.717, 1.165) is 12.0 Å². The van der Waals surface area contributed by atoms with Crippen molar-refractivity contribution < 1.29 is 23.1 Å². The number of amides is 1. The Morgan fingerprint density at radius 3 is 2.48 bits per heavy atom. The molecule has 1 heterocycles. The van der Waals surface area contributed by atoms with Gasteiger partial charge in [-0.2, -0.15) is 8.78 Å². The Morgan fingerprint density at radius 1 is 1.07 bits per heavy atom. The van der Waals surface area contributed by atoms with E-state index in [0.29, 0.717) is 13.1 Å². The lowest BCUT2D eigenvalue weighted by Crippen LogP contribution is -2.42. The van der Waals surface area contributed by atoms with Crippen molar-refractivity contribution in [3.8, 4) is 0 Å². The van der Waals surface area contributed by atoms with Crippen molar-refractivity contribution in [2.45, 2.75) is 36.6 Å². The van der Waals surface area contributed by atoms with E-state index in [4.69, 9.17) is 4.74 Å². The van der Waals surface area contributed by atoms with Gasteiger partial charge in [0.25, 0.3) is 11.7 Å². The van der Waals surface area contributed by atoms with Gasteiger partial charge in [0.15, 0.2) is 6.10 Å². The smallest absolute Gasteiger partial charge is 0.340 e. The molecule has 1 aliphatic rings. The Morgan fingerprint density at radius 2 is 1.74 bits per heavy atom. The molecule has 0 radical (unpaired) electrons. The summed E-state index contributed by atoms with van der Waals surface area (Å²) in [7, 11) is 0. The maximum Gasteiger partial charge on any atom is 0.340 e. The Balaban J connectivity index is 1.66. The van der Waals surface area contributed by atoms with E-state index in [1.165, 1.54) is 24.6 Å². The Kier molecular flexibility index (Phi) is 6.11. The van der Waals surface area contributed by atoms with Gasteiger partial charge < -0.3 is 9.64 Å². The molecule has 4 nitrogen and oxygen atoms in total. The number of rotatable bonds is 5. The first kappa shape index (κ1) is 19.4. The summed E-state index contributed by atoms with van der Waals surface area (Å²) < 4.78 is 30.6. The van der Waals surface area contributed by atoms with Gasteiger partial charge >= 0.3 is 5.97 Å². The van der Waals surface area contributed by atoms with Gasteiger partial charge in [-0.25, -0.2) is 4.79 Å². The van der Waals surface area contributed by atoms with Crippen molar-refractivity contribution in [3.63, 3.8) is 0 Å². The van der Waals surface area contributed by atoms with E-state index in [1.54, 1.807) is 17.0 Å². The summed E-state index contributed by atoms with van der Waals surface area (Å²) in [4.78, 5) is 26.8. The second-order valence-electron chi connectivity index (χ2n) is 6.20. The summed E-state index contributed by atoms with van der Waals surface area (Å²) in [5, 5.41) is 0. The van der Waals surface area contributed by atoms with Crippen LogP contribution in [0, 0.1) is 0 Å². The monoisotopic (exact) mass is 391 g/mol. The van der Waals surface area contributed by atoms with Crippen molar-refractivity contribution in [3.05, 3.63) is 65.2 Å². The number of nitrogens with zero attached hydrogens (tertiary/aromatic N) is 1. The lowest BCUT2D eigenvalue weighted by atomic mass is 9.99. The van der Waals surface area contributed by atoms with Gasteiger partial charge in [0.1, 0.15) is 0 Å². The highest BCUT2D eigenvalue weighted by molar-refractivity contribution is 7.99. The van der Waals surface area contributed by atoms with Gasteiger partial charge in [-0.3, -0.25) is 4.79 Å². The zero-order valence-corrected chi connectivity index (χ0v) is 15.5. The number of hydrogen-bond donors (Lipinski definition) is 0. The number of fused-ring (bicyclic) bond motifs is 1. The molecule has 142 valence electrons. The van der Waals surface area contributed by atoms with E-state index in [-0.39, 0.29) is 28.1 Å². The molecule has 3 rings (SSSR count). The quantitative estimate of drug-likeness (QED) is 0.568. The first-order valence-corrected chi connectivity index (χ1v) is 9.44. The first-order chi connectivity index (χ1) is 13.0. The highest BCUT2D eigenvalue weighted by atomic mass is 32.2. The van der Waals surface area contributed by atoms with Crippen molar-refractivity contribution in [2.24, 2.45) is 0 Å². The van der Waals surface area contributed by atoms with Crippen LogP contribution in [0.15, 0.2) is 53.4 Å². The van der Waals surface area contributed by atoms with Crippen LogP contribution in [0.1, 0.15) is 28.4 Å². The first-order valence-electron chi connectivity index (χ1n) is 8.56. The van der Waals surface area contributed by atoms with Crippen LogP contribution >= 0.6 is 11.8 Å². The molecule has 2 aromatic carbocycles. The Bertz CT molecular complexity index is 843. The van der Waals surface area contributed by atoms with Crippen molar-refractivity contribution >= 4 is 23.6 Å². The third-order valence-electron chi connectivity index (χ3n) is 4.40. The van der Waals surface area contributed by atoms with Crippen LogP contribution in [-0.2, 0) is 22.5 Å². The van der Waals surface area contributed by atoms with E-state index in [1.807, 2.05) is 24.3 Å². The SMILES string of the molecule is CC(OC(=O)c1ccccc1SC(F)F)C(=O)N1CCc2ccccc2C1. The summed E-state index contributed by atoms with van der Waals surface area (Å²) in [5.74, 6) is -3.72. The van der Waals surface area contributed by atoms with E-state index in [2.05, 4.69) is 0 Å². The normalized spacial score (nSPS) is 14.6. The molecule has 1 amide bonds. The van der Waals surface area contributed by atoms with Gasteiger partial charge in [0, 0.05) is 18.0 Å². The maximum absolute atomic E-state index is 12.7. The Hall–Kier alpha value is -2.41. The van der Waals surface area contributed by atoms with Crippen LogP contribution in [0.3, 0.4) is 0 Å². The fraction of sp³-hybridized carbons (Fsp3) is 0.300. The van der Waals surface area contributed by atoms with Crippen molar-refractivity contribution in [1.29, 1.82) is 0 Å². The number of esters is 1. The highest BCUT2D eigenvalue weighted by Crippen LogP contribution is 2.29. The third-order valence-corrected chi connectivity index (χ3v) is 5.19. The fourth-order valence-corrected chi connectivity index (χ4v) is 3.68. The standard InChI is InChI=1S/C20H19F2NO3S/c1-13(18(24)23-11-10-14-6-2-3-7-15(14)12-23)26-19(25)16-8-4-5-9-17(16)27-20(21)22/h2-9,13,20H,10-12H2,1H3. The number of thioether (sulfide) groups is 1. The van der Waals surface area contributed by atoms with Crippen LogP contribution in [0.25, 0.3) is 0 Å². The predicted molar refractivity (Wildman–Crippen MR) is 98.7 cm³/mol. The van der Waals surface area contributed by atoms with Crippen LogP contribution < -0.4 is 0 Å². The zero-order valence-electron chi connectivity index (χ0n) is 14.7. The van der Waals surface area contributed by atoms with Crippen molar-refractivity contribution in [1.82, 2.24) is 4.90 Å². The number of alkyl halides is 2. The van der Waals surface area contributed by atoms with Crippen LogP contribution in [0.4, 0.5) is 8.78 Å². The molecule has 0 saturated carbocycles. The minimum absolute atomic E-state index is 0.0337. The number of carbonyl (C=O) groups is 2. The number of hydrogen-bond acceptors (Lipinski definition) is 4. The minimum atomic E-state index is -2.65. The second kappa shape index (κ2) is 8.52. The fourth-order valence-electron chi connectivity index (χ4n) is 3.05. The topological polar surface area (TPSA) is 46.6 Å². The molecular formula is C20H19F2NO3S. The second-order valence-corrected chi connectivity index (χ2v) is 7.23. The van der Waals surface area contributed by atoms with E-state index >= 15 is 0 Å². The van der Waals surface area contributed by atoms with Crippen LogP contribution in [0.2, 0.25) is 0 Å². The highest BCUT2D eigenvalue weighted by Gasteiger charge is 2.28. The Labute approximate surface area is 160 Å². The predicted octanol–water partition coefficient (Wildman–Crippen LogP) is 4.13. The van der Waals surface area contributed by atoms with Crippen LogP contribution in [0.5, 0.6) is 0 Å². The van der Waals surface area contributed by atoms with Gasteiger partial charge in [-0.15, -0.1) is 0 Å². The van der Waals surface area contributed by atoms with E-state index in [9.17, 15) is 18.4 Å². The molecule has 1 aliphatic heterocycles. The molecule has 0 N–H and O–H groups in total. The van der Waals surface area contributed by atoms with E-state index < -0.39 is 17.8 Å². The number of ether oxygens (including phenoxy) is 1. The minimum Gasteiger partial charge on any atom is -0.449 e. The molecule has 1 unspecified atom stereocenters. The van der Waals surface area contributed by atoms with Gasteiger partial charge in [0.2, 0.25) is 0 Å². The number of benzene rings is 2. The summed E-state index contributed by atoms with van der Waals surface area (Å²) in [6.45, 7) is 2.52. The number of carbonyl (C=O) groups excluding carboxylic acids is 2. The molecule has 0 bridgehead atoms. The molecule has 7 heteroatoms. The molecule has 0 saturated heterocycles. The molecule has 27 heavy (non-hydrogen) atoms. The van der Waals surface area contributed by atoms with Gasteiger partial charge in [0.05, 0.1) is 5.56 Å². The molecule has 0 aliphatic carbocycles. The average Bonchev–Trinajstić information content (AvgIpc) is 2.66. The zero-order chi connectivity index (χ0) is 19.4. The maximum atomic E-state index is 12.7.